The molecule has 3 nitrogen and oxygen atoms in total. The fraction of sp³-hybridized carbons (Fsp3) is 0.167. The first kappa shape index (κ1) is 15.7. The van der Waals surface area contributed by atoms with E-state index < -0.39 is 0 Å². The molecule has 0 aliphatic heterocycles. The minimum absolute atomic E-state index is 0.133. The van der Waals surface area contributed by atoms with Crippen LogP contribution in [-0.4, -0.2) is 13.0 Å². The summed E-state index contributed by atoms with van der Waals surface area (Å²) in [6, 6.07) is 9.33. The van der Waals surface area contributed by atoms with Gasteiger partial charge in [0.25, 0.3) is 5.91 Å². The molecule has 0 unspecified atom stereocenters. The van der Waals surface area contributed by atoms with E-state index in [9.17, 15) is 4.79 Å². The fourth-order valence-electron chi connectivity index (χ4n) is 2.90. The van der Waals surface area contributed by atoms with Gasteiger partial charge < -0.3 is 10.1 Å². The number of hydrogen-bond donors (Lipinski definition) is 1. The molecule has 0 radical (unpaired) electrons. The molecule has 1 aliphatic carbocycles. The molecule has 2 aromatic heterocycles. The molecule has 1 N–H and O–H groups in total. The molecule has 1 amide bonds. The number of ether oxygens (including phenoxy) is 1. The summed E-state index contributed by atoms with van der Waals surface area (Å²) in [5, 5.41) is 5.59. The third kappa shape index (κ3) is 2.73. The minimum Gasteiger partial charge on any atom is -0.495 e. The van der Waals surface area contributed by atoms with E-state index in [-0.39, 0.29) is 5.91 Å². The number of benzene rings is 1. The van der Waals surface area contributed by atoms with E-state index in [1.165, 1.54) is 20.9 Å². The summed E-state index contributed by atoms with van der Waals surface area (Å²) in [6.45, 7) is 0. The van der Waals surface area contributed by atoms with E-state index in [0.717, 1.165) is 12.8 Å². The lowest BCUT2D eigenvalue weighted by Crippen LogP contribution is -2.11. The average Bonchev–Trinajstić information content (AvgIpc) is 3.21. The van der Waals surface area contributed by atoms with Gasteiger partial charge in [-0.2, -0.15) is 0 Å². The monoisotopic (exact) mass is 375 g/mol. The van der Waals surface area contributed by atoms with Gasteiger partial charge in [0.1, 0.15) is 5.75 Å². The topological polar surface area (TPSA) is 38.3 Å². The smallest absolute Gasteiger partial charge is 0.265 e. The van der Waals surface area contributed by atoms with Crippen LogP contribution < -0.4 is 10.1 Å². The zero-order valence-electron chi connectivity index (χ0n) is 12.9. The largest absolute Gasteiger partial charge is 0.495 e. The highest BCUT2D eigenvalue weighted by Crippen LogP contribution is 2.42. The molecule has 0 fully saturated rings. The van der Waals surface area contributed by atoms with Gasteiger partial charge in [0.15, 0.2) is 0 Å². The molecule has 3 aromatic rings. The molecule has 4 rings (SSSR count). The Morgan fingerprint density at radius 3 is 2.96 bits per heavy atom. The Kier molecular flexibility index (Phi) is 4.08. The number of carbonyl (C=O) groups excluding carboxylic acids is 1. The number of hydrogen-bond acceptors (Lipinski definition) is 4. The van der Waals surface area contributed by atoms with Gasteiger partial charge in [-0.1, -0.05) is 11.6 Å². The molecular formula is C18H14ClNO2S2. The molecule has 6 heteroatoms. The van der Waals surface area contributed by atoms with Crippen molar-refractivity contribution in [3.63, 3.8) is 0 Å². The second kappa shape index (κ2) is 6.24. The number of methoxy groups -OCH3 is 1. The van der Waals surface area contributed by atoms with Crippen molar-refractivity contribution in [2.24, 2.45) is 0 Å². The Labute approximate surface area is 152 Å². The summed E-state index contributed by atoms with van der Waals surface area (Å²) in [5.41, 5.74) is 3.12. The Bertz CT molecular complexity index is 929. The van der Waals surface area contributed by atoms with E-state index >= 15 is 0 Å². The lowest BCUT2D eigenvalue weighted by molar-refractivity contribution is 0.103. The van der Waals surface area contributed by atoms with Crippen molar-refractivity contribution in [3.05, 3.63) is 56.1 Å². The van der Waals surface area contributed by atoms with Crippen LogP contribution in [0.3, 0.4) is 0 Å². The quantitative estimate of drug-likeness (QED) is 0.657. The van der Waals surface area contributed by atoms with Crippen LogP contribution in [0.1, 0.15) is 20.1 Å². The van der Waals surface area contributed by atoms with Crippen molar-refractivity contribution in [2.45, 2.75) is 12.8 Å². The maximum absolute atomic E-state index is 12.7. The Balaban J connectivity index is 1.64. The second-order valence-corrected chi connectivity index (χ2v) is 8.01. The molecule has 0 bridgehead atoms. The number of thiophene rings is 2. The first-order valence-corrected chi connectivity index (χ1v) is 9.57. The highest BCUT2D eigenvalue weighted by atomic mass is 35.5. The number of amides is 1. The summed E-state index contributed by atoms with van der Waals surface area (Å²) in [4.78, 5) is 16.0. The van der Waals surface area contributed by atoms with E-state index in [0.29, 0.717) is 21.3 Å². The summed E-state index contributed by atoms with van der Waals surface area (Å²) >= 11 is 9.37. The number of nitrogens with one attached hydrogen (secondary N) is 1. The van der Waals surface area contributed by atoms with Gasteiger partial charge in [-0.15, -0.1) is 22.7 Å². The predicted octanol–water partition coefficient (Wildman–Crippen LogP) is 5.49. The highest BCUT2D eigenvalue weighted by Gasteiger charge is 2.22. The number of halogens is 1. The Hall–Kier alpha value is -1.82. The van der Waals surface area contributed by atoms with Crippen LogP contribution in [0.4, 0.5) is 5.69 Å². The molecule has 0 saturated carbocycles. The molecule has 1 aromatic carbocycles. The van der Waals surface area contributed by atoms with E-state index in [4.69, 9.17) is 16.3 Å². The van der Waals surface area contributed by atoms with Crippen LogP contribution in [0.5, 0.6) is 5.75 Å². The molecule has 24 heavy (non-hydrogen) atoms. The van der Waals surface area contributed by atoms with Gasteiger partial charge in [0.2, 0.25) is 0 Å². The lowest BCUT2D eigenvalue weighted by Gasteiger charge is -2.10. The van der Waals surface area contributed by atoms with Crippen LogP contribution >= 0.6 is 34.3 Å². The number of carbonyl (C=O) groups is 1. The number of rotatable bonds is 3. The number of aryl methyl sites for hydroxylation is 2. The van der Waals surface area contributed by atoms with Gasteiger partial charge in [0, 0.05) is 20.3 Å². The summed E-state index contributed by atoms with van der Waals surface area (Å²) in [7, 11) is 1.57. The highest BCUT2D eigenvalue weighted by molar-refractivity contribution is 7.18. The van der Waals surface area contributed by atoms with Crippen LogP contribution in [-0.2, 0) is 12.8 Å². The van der Waals surface area contributed by atoms with Crippen molar-refractivity contribution in [3.8, 4) is 16.2 Å². The van der Waals surface area contributed by atoms with Crippen LogP contribution in [0, 0.1) is 0 Å². The predicted molar refractivity (Wildman–Crippen MR) is 101 cm³/mol. The van der Waals surface area contributed by atoms with E-state index in [1.807, 2.05) is 6.07 Å². The molecular weight excluding hydrogens is 362 g/mol. The van der Waals surface area contributed by atoms with E-state index in [1.54, 1.807) is 48.0 Å². The maximum Gasteiger partial charge on any atom is 0.265 e. The first-order valence-electron chi connectivity index (χ1n) is 7.50. The van der Waals surface area contributed by atoms with Crippen molar-refractivity contribution in [1.82, 2.24) is 0 Å². The second-order valence-electron chi connectivity index (χ2n) is 5.52. The van der Waals surface area contributed by atoms with Gasteiger partial charge in [-0.25, -0.2) is 0 Å². The van der Waals surface area contributed by atoms with E-state index in [2.05, 4.69) is 16.8 Å². The number of anilines is 1. The molecule has 0 spiro atoms. The summed E-state index contributed by atoms with van der Waals surface area (Å²) in [5.74, 6) is 0.459. The third-order valence-electron chi connectivity index (χ3n) is 4.05. The maximum atomic E-state index is 12.7. The first-order chi connectivity index (χ1) is 11.7. The van der Waals surface area contributed by atoms with Crippen molar-refractivity contribution in [2.75, 3.05) is 12.4 Å². The van der Waals surface area contributed by atoms with Crippen LogP contribution in [0.15, 0.2) is 35.7 Å². The molecule has 2 heterocycles. The van der Waals surface area contributed by atoms with Gasteiger partial charge >= 0.3 is 0 Å². The minimum atomic E-state index is -0.133. The van der Waals surface area contributed by atoms with Crippen molar-refractivity contribution >= 4 is 45.9 Å². The van der Waals surface area contributed by atoms with Gasteiger partial charge in [0.05, 0.1) is 17.7 Å². The Morgan fingerprint density at radius 1 is 1.25 bits per heavy atom. The molecule has 0 atom stereocenters. The van der Waals surface area contributed by atoms with Crippen LogP contribution in [0.25, 0.3) is 10.4 Å². The van der Waals surface area contributed by atoms with Gasteiger partial charge in [-0.05, 0) is 54.1 Å². The van der Waals surface area contributed by atoms with Crippen molar-refractivity contribution < 1.29 is 9.53 Å². The standard InChI is InChI=1S/C18H14ClNO2S2/c1-22-14-4-3-11(19)9-13(14)20-18(21)16-8-10-2-5-15-12(6-7-23-15)17(10)24-16/h3-4,6-9H,2,5H2,1H3,(H,20,21). The average molecular weight is 376 g/mol. The van der Waals surface area contributed by atoms with Gasteiger partial charge in [-0.3, -0.25) is 4.79 Å². The third-order valence-corrected chi connectivity index (χ3v) is 6.48. The summed E-state index contributed by atoms with van der Waals surface area (Å²) < 4.78 is 5.29. The van der Waals surface area contributed by atoms with Crippen LogP contribution in [0.2, 0.25) is 5.02 Å². The Morgan fingerprint density at radius 2 is 2.12 bits per heavy atom. The zero-order valence-corrected chi connectivity index (χ0v) is 15.3. The normalized spacial score (nSPS) is 12.4. The molecule has 0 saturated heterocycles. The molecule has 1 aliphatic rings. The lowest BCUT2D eigenvalue weighted by atomic mass is 9.98. The SMILES string of the molecule is COc1ccc(Cl)cc1NC(=O)c1cc2c(s1)-c1ccsc1CC2. The fourth-order valence-corrected chi connectivity index (χ4v) is 5.18. The van der Waals surface area contributed by atoms with Crippen molar-refractivity contribution in [1.29, 1.82) is 0 Å². The number of fused-ring (bicyclic) bond motifs is 3. The summed E-state index contributed by atoms with van der Waals surface area (Å²) in [6.07, 6.45) is 2.05. The molecule has 122 valence electrons. The zero-order chi connectivity index (χ0) is 16.7.